The lowest BCUT2D eigenvalue weighted by molar-refractivity contribution is -0.128. The Bertz CT molecular complexity index is 445. The summed E-state index contributed by atoms with van der Waals surface area (Å²) in [6, 6.07) is 5.00. The van der Waals surface area contributed by atoms with E-state index >= 15 is 0 Å². The lowest BCUT2D eigenvalue weighted by atomic mass is 10.2. The molecule has 76 valence electrons. The Morgan fingerprint density at radius 2 is 2.33 bits per heavy atom. The highest BCUT2D eigenvalue weighted by molar-refractivity contribution is 5.84. The summed E-state index contributed by atoms with van der Waals surface area (Å²) in [4.78, 5) is 24.6. The Morgan fingerprint density at radius 1 is 1.60 bits per heavy atom. The number of carbonyl (C=O) groups excluding carboxylic acids is 2. The van der Waals surface area contributed by atoms with E-state index < -0.39 is 5.97 Å². The number of para-hydroxylation sites is 1. The predicted octanol–water partition coefficient (Wildman–Crippen LogP) is 2.05. The molecule has 0 saturated heterocycles. The highest BCUT2D eigenvalue weighted by Gasteiger charge is 2.08. The smallest absolute Gasteiger partial charge is 0.335 e. The second kappa shape index (κ2) is 4.88. The van der Waals surface area contributed by atoms with Gasteiger partial charge in [-0.25, -0.2) is 9.59 Å². The number of hydrogen-bond acceptors (Lipinski definition) is 4. The molecule has 0 aliphatic carbocycles. The molecule has 0 fully saturated rings. The minimum atomic E-state index is -0.594. The van der Waals surface area contributed by atoms with Crippen molar-refractivity contribution in [3.8, 4) is 5.75 Å². The third kappa shape index (κ3) is 2.62. The van der Waals surface area contributed by atoms with Crippen LogP contribution in [0.5, 0.6) is 5.75 Å². The molecule has 1 rings (SSSR count). The molecule has 0 radical (unpaired) electrons. The molecule has 15 heavy (non-hydrogen) atoms. The molecule has 0 heterocycles. The third-order valence-electron chi connectivity index (χ3n) is 1.74. The van der Waals surface area contributed by atoms with E-state index in [2.05, 4.69) is 11.6 Å². The molecule has 0 amide bonds. The van der Waals surface area contributed by atoms with Crippen molar-refractivity contribution in [3.05, 3.63) is 36.4 Å². The van der Waals surface area contributed by atoms with Crippen molar-refractivity contribution in [2.75, 3.05) is 0 Å². The molecule has 1 aromatic rings. The molecule has 0 bridgehead atoms. The van der Waals surface area contributed by atoms with Crippen LogP contribution in [0.4, 0.5) is 5.69 Å². The monoisotopic (exact) mass is 203 g/mol. The number of ether oxygens (including phenoxy) is 1. The standard InChI is InChI=1S/C11H9NO3/c1-3-10(14)15-9-6-4-5-8(2)11(9)12-7-13/h3-6H,1H2,2H3. The zero-order chi connectivity index (χ0) is 11.3. The van der Waals surface area contributed by atoms with Crippen LogP contribution in [0.15, 0.2) is 35.8 Å². The summed E-state index contributed by atoms with van der Waals surface area (Å²) in [6.07, 6.45) is 2.45. The van der Waals surface area contributed by atoms with Crippen LogP contribution in [0.3, 0.4) is 0 Å². The quantitative estimate of drug-likeness (QED) is 0.248. The Morgan fingerprint density at radius 3 is 2.93 bits per heavy atom. The first kappa shape index (κ1) is 10.9. The molecule has 0 unspecified atom stereocenters. The van der Waals surface area contributed by atoms with Crippen molar-refractivity contribution in [1.29, 1.82) is 0 Å². The average molecular weight is 203 g/mol. The topological polar surface area (TPSA) is 55.7 Å². The number of benzene rings is 1. The van der Waals surface area contributed by atoms with Crippen LogP contribution in [-0.2, 0) is 9.59 Å². The van der Waals surface area contributed by atoms with Crippen LogP contribution in [0.1, 0.15) is 5.56 Å². The molecule has 0 atom stereocenters. The van der Waals surface area contributed by atoms with Crippen molar-refractivity contribution in [2.45, 2.75) is 6.92 Å². The van der Waals surface area contributed by atoms with Gasteiger partial charge in [-0.2, -0.15) is 4.99 Å². The molecule has 0 aromatic heterocycles. The van der Waals surface area contributed by atoms with E-state index in [0.717, 1.165) is 11.6 Å². The van der Waals surface area contributed by atoms with E-state index in [1.807, 2.05) is 0 Å². The van der Waals surface area contributed by atoms with Crippen LogP contribution >= 0.6 is 0 Å². The lowest BCUT2D eigenvalue weighted by Crippen LogP contribution is -2.03. The van der Waals surface area contributed by atoms with Crippen LogP contribution in [0.25, 0.3) is 0 Å². The second-order valence-electron chi connectivity index (χ2n) is 2.75. The molecular weight excluding hydrogens is 194 g/mol. The van der Waals surface area contributed by atoms with Gasteiger partial charge in [-0.1, -0.05) is 18.7 Å². The number of carbonyl (C=O) groups is 1. The number of isocyanates is 1. The van der Waals surface area contributed by atoms with Gasteiger partial charge in [0.05, 0.1) is 0 Å². The van der Waals surface area contributed by atoms with Gasteiger partial charge in [-0.15, -0.1) is 0 Å². The first-order valence-electron chi connectivity index (χ1n) is 4.20. The number of hydrogen-bond donors (Lipinski definition) is 0. The van der Waals surface area contributed by atoms with Crippen LogP contribution in [-0.4, -0.2) is 12.0 Å². The van der Waals surface area contributed by atoms with E-state index in [0.29, 0.717) is 5.69 Å². The van der Waals surface area contributed by atoms with Crippen LogP contribution in [0.2, 0.25) is 0 Å². The Kier molecular flexibility index (Phi) is 3.55. The van der Waals surface area contributed by atoms with Crippen molar-refractivity contribution in [2.24, 2.45) is 4.99 Å². The normalized spacial score (nSPS) is 8.87. The van der Waals surface area contributed by atoms with E-state index in [9.17, 15) is 9.59 Å². The van der Waals surface area contributed by atoms with Gasteiger partial charge in [-0.3, -0.25) is 0 Å². The van der Waals surface area contributed by atoms with Crippen LogP contribution in [0, 0.1) is 6.92 Å². The molecule has 1 aromatic carbocycles. The van der Waals surface area contributed by atoms with Gasteiger partial charge in [0, 0.05) is 6.08 Å². The highest BCUT2D eigenvalue weighted by atomic mass is 16.5. The number of nitrogens with zero attached hydrogens (tertiary/aromatic N) is 1. The van der Waals surface area contributed by atoms with Crippen molar-refractivity contribution in [1.82, 2.24) is 0 Å². The molecule has 0 aliphatic rings. The maximum Gasteiger partial charge on any atom is 0.335 e. The summed E-state index contributed by atoms with van der Waals surface area (Å²) in [5, 5.41) is 0. The molecule has 0 saturated carbocycles. The maximum atomic E-state index is 11.0. The zero-order valence-corrected chi connectivity index (χ0v) is 8.19. The van der Waals surface area contributed by atoms with Gasteiger partial charge < -0.3 is 4.74 Å². The minimum absolute atomic E-state index is 0.225. The first-order valence-corrected chi connectivity index (χ1v) is 4.20. The average Bonchev–Trinajstić information content (AvgIpc) is 2.23. The fraction of sp³-hybridized carbons (Fsp3) is 0.0909. The molecular formula is C11H9NO3. The van der Waals surface area contributed by atoms with Crippen molar-refractivity contribution in [3.63, 3.8) is 0 Å². The summed E-state index contributed by atoms with van der Waals surface area (Å²) < 4.78 is 4.90. The number of aliphatic imine (C=N–C) groups is 1. The summed E-state index contributed by atoms with van der Waals surface area (Å²) in [7, 11) is 0. The van der Waals surface area contributed by atoms with E-state index in [1.165, 1.54) is 6.08 Å². The van der Waals surface area contributed by atoms with Crippen LogP contribution < -0.4 is 4.74 Å². The molecule has 0 spiro atoms. The van der Waals surface area contributed by atoms with Gasteiger partial charge in [0.1, 0.15) is 5.69 Å². The third-order valence-corrected chi connectivity index (χ3v) is 1.74. The largest absolute Gasteiger partial charge is 0.421 e. The lowest BCUT2D eigenvalue weighted by Gasteiger charge is -2.05. The fourth-order valence-corrected chi connectivity index (χ4v) is 1.05. The van der Waals surface area contributed by atoms with Gasteiger partial charge >= 0.3 is 5.97 Å². The van der Waals surface area contributed by atoms with Gasteiger partial charge in [0.25, 0.3) is 0 Å². The van der Waals surface area contributed by atoms with Crippen molar-refractivity contribution < 1.29 is 14.3 Å². The molecule has 0 N–H and O–H groups in total. The second-order valence-corrected chi connectivity index (χ2v) is 2.75. The van der Waals surface area contributed by atoms with Crippen molar-refractivity contribution >= 4 is 17.7 Å². The highest BCUT2D eigenvalue weighted by Crippen LogP contribution is 2.30. The summed E-state index contributed by atoms with van der Waals surface area (Å²) in [5.41, 5.74) is 1.04. The predicted molar refractivity (Wildman–Crippen MR) is 54.8 cm³/mol. The maximum absolute atomic E-state index is 11.0. The summed E-state index contributed by atoms with van der Waals surface area (Å²) in [6.45, 7) is 5.02. The molecule has 0 aliphatic heterocycles. The Labute approximate surface area is 86.9 Å². The zero-order valence-electron chi connectivity index (χ0n) is 8.19. The van der Waals surface area contributed by atoms with E-state index in [1.54, 1.807) is 25.1 Å². The Hall–Kier alpha value is -2.19. The van der Waals surface area contributed by atoms with Gasteiger partial charge in [0.2, 0.25) is 6.08 Å². The number of esters is 1. The van der Waals surface area contributed by atoms with E-state index in [-0.39, 0.29) is 5.75 Å². The van der Waals surface area contributed by atoms with Gasteiger partial charge in [-0.05, 0) is 18.6 Å². The number of aryl methyl sites for hydroxylation is 1. The SMILES string of the molecule is C=CC(=O)Oc1cccc(C)c1N=C=O. The fourth-order valence-electron chi connectivity index (χ4n) is 1.05. The summed E-state index contributed by atoms with van der Waals surface area (Å²) in [5.74, 6) is -0.369. The van der Waals surface area contributed by atoms with Gasteiger partial charge in [0.15, 0.2) is 5.75 Å². The van der Waals surface area contributed by atoms with E-state index in [4.69, 9.17) is 4.74 Å². The summed E-state index contributed by atoms with van der Waals surface area (Å²) >= 11 is 0. The Balaban J connectivity index is 3.16. The first-order chi connectivity index (χ1) is 7.19. The molecule has 4 nitrogen and oxygen atoms in total. The molecule has 4 heteroatoms. The minimum Gasteiger partial charge on any atom is -0.421 e. The number of rotatable bonds is 3.